The van der Waals surface area contributed by atoms with Crippen molar-refractivity contribution in [1.29, 1.82) is 0 Å². The number of carbonyl (C=O) groups excluding carboxylic acids is 2. The van der Waals surface area contributed by atoms with Gasteiger partial charge in [0.2, 0.25) is 10.3 Å². The second kappa shape index (κ2) is 15.9. The largest absolute Gasteiger partial charge is 0.288 e. The fourth-order valence-electron chi connectivity index (χ4n) is 8.04. The van der Waals surface area contributed by atoms with E-state index < -0.39 is 0 Å². The summed E-state index contributed by atoms with van der Waals surface area (Å²) < 4.78 is 6.80. The normalized spacial score (nSPS) is 13.4. The van der Waals surface area contributed by atoms with Crippen LogP contribution in [0.2, 0.25) is 0 Å². The van der Waals surface area contributed by atoms with Gasteiger partial charge in [0.15, 0.2) is 23.2 Å². The van der Waals surface area contributed by atoms with Gasteiger partial charge in [0.05, 0.1) is 28.9 Å². The molecule has 12 rings (SSSR count). The van der Waals surface area contributed by atoms with Crippen molar-refractivity contribution in [1.82, 2.24) is 49.3 Å². The minimum absolute atomic E-state index is 0.160. The Hall–Kier alpha value is -8.08. The molecule has 10 aromatic rings. The molecule has 0 N–H and O–H groups in total. The minimum Gasteiger partial charge on any atom is -0.288 e. The highest BCUT2D eigenvalue weighted by Gasteiger charge is 2.30. The second-order valence-electron chi connectivity index (χ2n) is 15.4. The number of rotatable bonds is 10. The molecule has 0 bridgehead atoms. The molecule has 0 amide bonds. The molecular weight excluding hydrogens is 853 g/mol. The first-order chi connectivity index (χ1) is 32.0. The van der Waals surface area contributed by atoms with Gasteiger partial charge >= 0.3 is 0 Å². The Morgan fingerprint density at radius 1 is 0.477 bits per heavy atom. The molecular formula is C49H32N12O2S2. The summed E-state index contributed by atoms with van der Waals surface area (Å²) in [6.07, 6.45) is 3.73. The van der Waals surface area contributed by atoms with Gasteiger partial charge in [-0.1, -0.05) is 133 Å². The lowest BCUT2D eigenvalue weighted by atomic mass is 9.99. The first-order valence-corrected chi connectivity index (χ1v) is 22.7. The molecule has 0 spiro atoms. The van der Waals surface area contributed by atoms with Gasteiger partial charge in [0.1, 0.15) is 22.8 Å². The zero-order valence-electron chi connectivity index (χ0n) is 34.1. The molecule has 0 fully saturated rings. The third-order valence-corrected chi connectivity index (χ3v) is 13.2. The van der Waals surface area contributed by atoms with Crippen molar-refractivity contribution in [2.75, 3.05) is 11.5 Å². The van der Waals surface area contributed by atoms with Crippen LogP contribution in [0, 0.1) is 0 Å². The van der Waals surface area contributed by atoms with E-state index in [0.29, 0.717) is 78.5 Å². The fourth-order valence-corrected chi connectivity index (χ4v) is 9.69. The van der Waals surface area contributed by atoms with Gasteiger partial charge in [-0.3, -0.25) is 9.59 Å². The molecule has 0 saturated heterocycles. The van der Waals surface area contributed by atoms with E-state index >= 15 is 0 Å². The quantitative estimate of drug-likeness (QED) is 0.122. The minimum atomic E-state index is -0.160. The van der Waals surface area contributed by atoms with Crippen molar-refractivity contribution in [2.24, 2.45) is 10.2 Å². The summed E-state index contributed by atoms with van der Waals surface area (Å²) in [5, 5.41) is 43.3. The second-order valence-corrected chi connectivity index (χ2v) is 17.3. The smallest absolute Gasteiger partial charge is 0.212 e. The number of hydrogen-bond acceptors (Lipinski definition) is 12. The molecule has 6 heterocycles. The van der Waals surface area contributed by atoms with E-state index in [0.717, 1.165) is 32.9 Å². The number of para-hydroxylation sites is 2. The van der Waals surface area contributed by atoms with Crippen LogP contribution >= 0.6 is 23.5 Å². The SMILES string of the molecule is O=C(c1ccc2ccccc2c1)c1cn(-c2ccccc2)nc1C1=Nn2c(Cc3nnc4n3N=C(c3nn(-c5ccccc5)cc3C(=O)c3ccc5ccccc5c3)CS4)nnc2SC1. The highest BCUT2D eigenvalue weighted by molar-refractivity contribution is 8.00. The van der Waals surface area contributed by atoms with E-state index in [1.165, 1.54) is 23.5 Å². The van der Waals surface area contributed by atoms with Crippen LogP contribution in [0.5, 0.6) is 0 Å². The predicted octanol–water partition coefficient (Wildman–Crippen LogP) is 8.32. The average Bonchev–Trinajstić information content (AvgIpc) is 4.19. The van der Waals surface area contributed by atoms with Crippen LogP contribution in [0.25, 0.3) is 32.9 Å². The summed E-state index contributed by atoms with van der Waals surface area (Å²) in [6.45, 7) is 0. The molecule has 312 valence electrons. The number of ketones is 2. The first kappa shape index (κ1) is 38.6. The van der Waals surface area contributed by atoms with Gasteiger partial charge in [-0.05, 0) is 57.9 Å². The van der Waals surface area contributed by atoms with Crippen molar-refractivity contribution in [3.63, 3.8) is 0 Å². The summed E-state index contributed by atoms with van der Waals surface area (Å²) in [7, 11) is 0. The van der Waals surface area contributed by atoms with E-state index in [9.17, 15) is 9.59 Å². The molecule has 0 saturated carbocycles. The third kappa shape index (κ3) is 7.04. The molecule has 16 heteroatoms. The summed E-state index contributed by atoms with van der Waals surface area (Å²) >= 11 is 2.92. The number of carbonyl (C=O) groups is 2. The lowest BCUT2D eigenvalue weighted by Crippen LogP contribution is -2.19. The predicted molar refractivity (Wildman–Crippen MR) is 250 cm³/mol. The fraction of sp³-hybridized carbons (Fsp3) is 0.0612. The number of aromatic nitrogens is 10. The summed E-state index contributed by atoms with van der Waals surface area (Å²) in [5.41, 5.74) is 5.73. The van der Waals surface area contributed by atoms with Crippen LogP contribution in [0.1, 0.15) is 54.9 Å². The third-order valence-electron chi connectivity index (χ3n) is 11.3. The zero-order chi connectivity index (χ0) is 43.4. The Kier molecular flexibility index (Phi) is 9.45. The van der Waals surface area contributed by atoms with Crippen LogP contribution in [-0.2, 0) is 6.42 Å². The van der Waals surface area contributed by atoms with Gasteiger partial charge in [0.25, 0.3) is 0 Å². The van der Waals surface area contributed by atoms with Gasteiger partial charge in [0, 0.05) is 35.0 Å². The first-order valence-electron chi connectivity index (χ1n) is 20.7. The Balaban J connectivity index is 0.895. The maximum Gasteiger partial charge on any atom is 0.212 e. The Morgan fingerprint density at radius 3 is 1.34 bits per heavy atom. The van der Waals surface area contributed by atoms with Crippen LogP contribution in [0.15, 0.2) is 179 Å². The van der Waals surface area contributed by atoms with Crippen LogP contribution in [0.3, 0.4) is 0 Å². The van der Waals surface area contributed by atoms with Gasteiger partial charge in [-0.2, -0.15) is 29.8 Å². The number of nitrogens with zero attached hydrogens (tertiary/aromatic N) is 12. The van der Waals surface area contributed by atoms with Crippen molar-refractivity contribution >= 4 is 68.1 Å². The highest BCUT2D eigenvalue weighted by atomic mass is 32.2. The topological polar surface area (TPSA) is 156 Å². The van der Waals surface area contributed by atoms with Crippen LogP contribution < -0.4 is 0 Å². The maximum atomic E-state index is 14.4. The average molecular weight is 885 g/mol. The summed E-state index contributed by atoms with van der Waals surface area (Å²) in [6, 6.07) is 46.8. The zero-order valence-corrected chi connectivity index (χ0v) is 35.8. The molecule has 6 aromatic carbocycles. The molecule has 14 nitrogen and oxygen atoms in total. The Morgan fingerprint density at radius 2 is 0.892 bits per heavy atom. The number of thioether (sulfide) groups is 2. The molecule has 0 unspecified atom stereocenters. The lowest BCUT2D eigenvalue weighted by molar-refractivity contribution is 0.103. The summed E-state index contributed by atoms with van der Waals surface area (Å²) in [5.74, 6) is 1.51. The lowest BCUT2D eigenvalue weighted by Gasteiger charge is -2.14. The van der Waals surface area contributed by atoms with Gasteiger partial charge in [-0.25, -0.2) is 9.36 Å². The molecule has 0 aliphatic carbocycles. The van der Waals surface area contributed by atoms with Crippen LogP contribution in [-0.4, -0.2) is 83.8 Å². The van der Waals surface area contributed by atoms with Gasteiger partial charge in [-0.15, -0.1) is 20.4 Å². The van der Waals surface area contributed by atoms with E-state index in [1.54, 1.807) is 31.1 Å². The van der Waals surface area contributed by atoms with Crippen molar-refractivity contribution in [3.8, 4) is 11.4 Å². The van der Waals surface area contributed by atoms with Crippen molar-refractivity contribution < 1.29 is 9.59 Å². The molecule has 2 aliphatic heterocycles. The molecule has 2 aliphatic rings. The monoisotopic (exact) mass is 884 g/mol. The number of fused-ring (bicyclic) bond motifs is 4. The Bertz CT molecular complexity index is 3350. The van der Waals surface area contributed by atoms with Crippen molar-refractivity contribution in [2.45, 2.75) is 16.7 Å². The Labute approximate surface area is 378 Å². The number of benzene rings is 6. The van der Waals surface area contributed by atoms with Crippen molar-refractivity contribution in [3.05, 3.63) is 203 Å². The van der Waals surface area contributed by atoms with E-state index in [4.69, 9.17) is 20.4 Å². The molecule has 65 heavy (non-hydrogen) atoms. The van der Waals surface area contributed by atoms with E-state index in [-0.39, 0.29) is 18.0 Å². The highest BCUT2D eigenvalue weighted by Crippen LogP contribution is 2.31. The van der Waals surface area contributed by atoms with E-state index in [2.05, 4.69) is 20.4 Å². The van der Waals surface area contributed by atoms with Crippen LogP contribution in [0.4, 0.5) is 0 Å². The standard InChI is InChI=1S/C49H32N12O2S2/c62-46(34-21-19-30-11-7-9-13-32(30)23-34)38-26-58(36-15-3-1-4-16-36)56-44(38)40-28-64-48-52-50-42(60(48)54-40)25-43-51-53-49-61(43)55-41(29-65-49)45-39(27-59(57-45)37-17-5-2-6-18-37)47(63)35-22-20-31-12-8-10-14-33(31)24-35/h1-24,26-27H,25,28-29H2. The number of hydrogen-bond donors (Lipinski definition) is 0. The molecule has 0 radical (unpaired) electrons. The molecule has 0 atom stereocenters. The maximum absolute atomic E-state index is 14.4. The van der Waals surface area contributed by atoms with Gasteiger partial charge < -0.3 is 0 Å². The molecule has 4 aromatic heterocycles. The van der Waals surface area contributed by atoms with E-state index in [1.807, 2.05) is 146 Å². The summed E-state index contributed by atoms with van der Waals surface area (Å²) in [4.78, 5) is 28.8.